The predicted octanol–water partition coefficient (Wildman–Crippen LogP) is 6.07. The normalized spacial score (nSPS) is 12.3. The molecule has 0 fully saturated rings. The Morgan fingerprint density at radius 1 is 0.939 bits per heavy atom. The van der Waals surface area contributed by atoms with Crippen LogP contribution in [0.4, 0.5) is 5.69 Å². The van der Waals surface area contributed by atoms with E-state index in [1.165, 1.54) is 30.3 Å². The van der Waals surface area contributed by atoms with Crippen LogP contribution in [0, 0.1) is 13.8 Å². The highest BCUT2D eigenvalue weighted by molar-refractivity contribution is 7.92. The van der Waals surface area contributed by atoms with Crippen molar-refractivity contribution in [3.05, 3.63) is 93.5 Å². The third kappa shape index (κ3) is 6.08. The van der Waals surface area contributed by atoms with E-state index < -0.39 is 22.5 Å². The van der Waals surface area contributed by atoms with Crippen molar-refractivity contribution in [1.82, 2.24) is 5.32 Å². The molecule has 0 saturated heterocycles. The topological polar surface area (TPSA) is 66.5 Å². The van der Waals surface area contributed by atoms with Crippen molar-refractivity contribution >= 4 is 44.8 Å². The maximum Gasteiger partial charge on any atom is 0.264 e. The van der Waals surface area contributed by atoms with E-state index in [4.69, 9.17) is 23.2 Å². The number of nitrogens with one attached hydrogen (secondary N) is 1. The molecule has 3 aromatic rings. The number of nitrogens with zero attached hydrogens (tertiary/aromatic N) is 1. The average molecular weight is 505 g/mol. The monoisotopic (exact) mass is 504 g/mol. The minimum absolute atomic E-state index is 0.0649. The molecule has 8 heteroatoms. The molecule has 3 aromatic carbocycles. The fourth-order valence-corrected chi connectivity index (χ4v) is 5.43. The van der Waals surface area contributed by atoms with E-state index in [0.717, 1.165) is 21.0 Å². The van der Waals surface area contributed by atoms with Gasteiger partial charge in [0.25, 0.3) is 10.0 Å². The lowest BCUT2D eigenvalue weighted by molar-refractivity contribution is -0.120. The van der Waals surface area contributed by atoms with Crippen LogP contribution in [-0.4, -0.2) is 20.9 Å². The molecule has 1 N–H and O–H groups in total. The van der Waals surface area contributed by atoms with Gasteiger partial charge in [-0.05, 0) is 67.3 Å². The number of halogens is 2. The van der Waals surface area contributed by atoms with Crippen molar-refractivity contribution < 1.29 is 13.2 Å². The lowest BCUT2D eigenvalue weighted by Gasteiger charge is -2.26. The van der Waals surface area contributed by atoms with Crippen LogP contribution in [0.5, 0.6) is 0 Å². The molecule has 0 aromatic heterocycles. The molecule has 0 bridgehead atoms. The molecule has 1 atom stereocenters. The van der Waals surface area contributed by atoms with E-state index >= 15 is 0 Å². The maximum absolute atomic E-state index is 13.5. The summed E-state index contributed by atoms with van der Waals surface area (Å²) in [5.74, 6) is -0.435. The van der Waals surface area contributed by atoms with Gasteiger partial charge in [0.15, 0.2) is 0 Å². The predicted molar refractivity (Wildman–Crippen MR) is 135 cm³/mol. The van der Waals surface area contributed by atoms with Crippen molar-refractivity contribution in [1.29, 1.82) is 0 Å². The van der Waals surface area contributed by atoms with E-state index in [2.05, 4.69) is 5.32 Å². The minimum Gasteiger partial charge on any atom is -0.348 e. The largest absolute Gasteiger partial charge is 0.348 e. The van der Waals surface area contributed by atoms with E-state index in [1.807, 2.05) is 39.0 Å². The summed E-state index contributed by atoms with van der Waals surface area (Å²) in [6.45, 7) is 5.59. The van der Waals surface area contributed by atoms with Crippen LogP contribution in [0.1, 0.15) is 36.1 Å². The van der Waals surface area contributed by atoms with Crippen LogP contribution in [0.2, 0.25) is 10.0 Å². The molecule has 0 heterocycles. The van der Waals surface area contributed by atoms with Crippen LogP contribution in [0.25, 0.3) is 0 Å². The number of rotatable bonds is 8. The van der Waals surface area contributed by atoms with Crippen molar-refractivity contribution in [2.24, 2.45) is 0 Å². The van der Waals surface area contributed by atoms with E-state index in [1.54, 1.807) is 18.2 Å². The Morgan fingerprint density at radius 2 is 1.58 bits per heavy atom. The average Bonchev–Trinajstić information content (AvgIpc) is 2.77. The summed E-state index contributed by atoms with van der Waals surface area (Å²) in [6, 6.07) is 18.2. The number of hydrogen-bond acceptors (Lipinski definition) is 3. The first-order valence-corrected chi connectivity index (χ1v) is 12.7. The van der Waals surface area contributed by atoms with Crippen molar-refractivity contribution in [3.8, 4) is 0 Å². The third-order valence-corrected chi connectivity index (χ3v) is 7.66. The molecule has 1 unspecified atom stereocenters. The Labute approximate surface area is 205 Å². The van der Waals surface area contributed by atoms with Gasteiger partial charge < -0.3 is 5.32 Å². The van der Waals surface area contributed by atoms with Gasteiger partial charge in [0.1, 0.15) is 6.54 Å². The van der Waals surface area contributed by atoms with E-state index in [9.17, 15) is 13.2 Å². The molecule has 174 valence electrons. The first kappa shape index (κ1) is 25.1. The van der Waals surface area contributed by atoms with Gasteiger partial charge >= 0.3 is 0 Å². The zero-order valence-corrected chi connectivity index (χ0v) is 21.0. The quantitative estimate of drug-likeness (QED) is 0.404. The number of aryl methyl sites for hydroxylation is 2. The summed E-state index contributed by atoms with van der Waals surface area (Å²) in [4.78, 5) is 13.2. The highest BCUT2D eigenvalue weighted by atomic mass is 35.5. The van der Waals surface area contributed by atoms with Crippen LogP contribution in [0.15, 0.2) is 71.6 Å². The molecule has 0 radical (unpaired) electrons. The number of hydrogen-bond donors (Lipinski definition) is 1. The molecule has 5 nitrogen and oxygen atoms in total. The number of amides is 1. The van der Waals surface area contributed by atoms with Gasteiger partial charge in [0, 0.05) is 10.0 Å². The highest BCUT2D eigenvalue weighted by Gasteiger charge is 2.28. The third-order valence-electron chi connectivity index (χ3n) is 5.43. The lowest BCUT2D eigenvalue weighted by Crippen LogP contribution is -2.42. The Balaban J connectivity index is 1.94. The molecule has 0 aliphatic heterocycles. The fourth-order valence-electron chi connectivity index (χ4n) is 3.49. The zero-order chi connectivity index (χ0) is 24.2. The van der Waals surface area contributed by atoms with Crippen LogP contribution >= 0.6 is 23.2 Å². The number of carbonyl (C=O) groups is 1. The lowest BCUT2D eigenvalue weighted by atomic mass is 9.99. The van der Waals surface area contributed by atoms with E-state index in [0.29, 0.717) is 6.42 Å². The Hall–Kier alpha value is -2.54. The van der Waals surface area contributed by atoms with Crippen molar-refractivity contribution in [2.45, 2.75) is 38.1 Å². The first-order valence-electron chi connectivity index (χ1n) is 10.5. The van der Waals surface area contributed by atoms with Gasteiger partial charge in [0.05, 0.1) is 16.6 Å². The molecule has 1 amide bonds. The molecule has 3 rings (SSSR count). The van der Waals surface area contributed by atoms with Gasteiger partial charge in [-0.2, -0.15) is 0 Å². The van der Waals surface area contributed by atoms with Gasteiger partial charge in [-0.25, -0.2) is 8.42 Å². The van der Waals surface area contributed by atoms with Gasteiger partial charge in [0.2, 0.25) is 5.91 Å². The van der Waals surface area contributed by atoms with Crippen LogP contribution in [-0.2, 0) is 14.8 Å². The molecule has 0 aliphatic carbocycles. The summed E-state index contributed by atoms with van der Waals surface area (Å²) in [5, 5.41) is 3.51. The van der Waals surface area contributed by atoms with Gasteiger partial charge in [-0.3, -0.25) is 9.10 Å². The van der Waals surface area contributed by atoms with E-state index in [-0.39, 0.29) is 26.7 Å². The molecule has 0 spiro atoms. The van der Waals surface area contributed by atoms with Crippen molar-refractivity contribution in [2.75, 3.05) is 10.8 Å². The Morgan fingerprint density at radius 3 is 2.15 bits per heavy atom. The van der Waals surface area contributed by atoms with Crippen LogP contribution in [0.3, 0.4) is 0 Å². The second-order valence-electron chi connectivity index (χ2n) is 7.82. The smallest absolute Gasteiger partial charge is 0.264 e. The molecule has 0 saturated carbocycles. The minimum atomic E-state index is -4.05. The highest BCUT2D eigenvalue weighted by Crippen LogP contribution is 2.30. The molecular weight excluding hydrogens is 479 g/mol. The Bertz CT molecular complexity index is 1230. The maximum atomic E-state index is 13.5. The van der Waals surface area contributed by atoms with Gasteiger partial charge in [-0.15, -0.1) is 0 Å². The molecule has 0 aliphatic rings. The SMILES string of the molecule is CCC(NC(=O)CN(c1cc(Cl)cc(Cl)c1)S(=O)(=O)c1ccccc1)c1ccc(C)c(C)c1. The summed E-state index contributed by atoms with van der Waals surface area (Å²) in [6.07, 6.45) is 0.655. The summed E-state index contributed by atoms with van der Waals surface area (Å²) >= 11 is 12.3. The van der Waals surface area contributed by atoms with Gasteiger partial charge in [-0.1, -0.05) is 66.5 Å². The van der Waals surface area contributed by atoms with Crippen LogP contribution < -0.4 is 9.62 Å². The number of anilines is 1. The summed E-state index contributed by atoms with van der Waals surface area (Å²) in [5.41, 5.74) is 3.47. The first-order chi connectivity index (χ1) is 15.6. The van der Waals surface area contributed by atoms with Crippen molar-refractivity contribution in [3.63, 3.8) is 0 Å². The standard InChI is InChI=1S/C25H26Cl2N2O3S/c1-4-24(19-11-10-17(2)18(3)12-19)28-25(30)16-29(22-14-20(26)13-21(27)15-22)33(31,32)23-8-6-5-7-9-23/h5-15,24H,4,16H2,1-3H3,(H,28,30). The second kappa shape index (κ2) is 10.6. The number of carbonyl (C=O) groups excluding carboxylic acids is 1. The fraction of sp³-hybridized carbons (Fsp3) is 0.240. The summed E-state index contributed by atoms with van der Waals surface area (Å²) in [7, 11) is -4.05. The Kier molecular flexibility index (Phi) is 8.05. The molecular formula is C25H26Cl2N2O3S. The second-order valence-corrected chi connectivity index (χ2v) is 10.6. The number of sulfonamides is 1. The molecule has 33 heavy (non-hydrogen) atoms. The summed E-state index contributed by atoms with van der Waals surface area (Å²) < 4.78 is 27.9. The number of benzene rings is 3. The zero-order valence-electron chi connectivity index (χ0n) is 18.7.